The van der Waals surface area contributed by atoms with E-state index in [2.05, 4.69) is 37.9 Å². The highest BCUT2D eigenvalue weighted by molar-refractivity contribution is 5.90. The Morgan fingerprint density at radius 2 is 1.68 bits per heavy atom. The van der Waals surface area contributed by atoms with Crippen LogP contribution in [0.25, 0.3) is 0 Å². The summed E-state index contributed by atoms with van der Waals surface area (Å²) in [5.74, 6) is 1.12. The topological polar surface area (TPSA) is 57.3 Å². The molecule has 1 N–H and O–H groups in total. The van der Waals surface area contributed by atoms with Crippen LogP contribution in [0.1, 0.15) is 38.8 Å². The Morgan fingerprint density at radius 3 is 2.26 bits per heavy atom. The summed E-state index contributed by atoms with van der Waals surface area (Å²) in [5.41, 5.74) is 0.694. The highest BCUT2D eigenvalue weighted by Gasteiger charge is 2.34. The number of nitrogens with one attached hydrogen (secondary N) is 1. The predicted octanol–water partition coefficient (Wildman–Crippen LogP) is 5.87. The molecule has 0 unspecified atom stereocenters. The van der Waals surface area contributed by atoms with E-state index in [4.69, 9.17) is 9.47 Å². The van der Waals surface area contributed by atoms with Gasteiger partial charge in [0, 0.05) is 62.2 Å². The second-order valence-electron chi connectivity index (χ2n) is 9.99. The zero-order valence-corrected chi connectivity index (χ0v) is 23.1. The van der Waals surface area contributed by atoms with Gasteiger partial charge in [0.25, 0.3) is 0 Å². The van der Waals surface area contributed by atoms with Crippen LogP contribution >= 0.6 is 0 Å². The van der Waals surface area contributed by atoms with Crippen molar-refractivity contribution in [2.75, 3.05) is 56.7 Å². The molecule has 0 bridgehead atoms. The van der Waals surface area contributed by atoms with Gasteiger partial charge in [-0.05, 0) is 64.4 Å². The van der Waals surface area contributed by atoms with Crippen LogP contribution in [0, 0.1) is 6.92 Å². The zero-order chi connectivity index (χ0) is 28.0. The summed E-state index contributed by atoms with van der Waals surface area (Å²) in [5, 5.41) is 2.91. The summed E-state index contributed by atoms with van der Waals surface area (Å²) in [4.78, 5) is 18.8. The maximum absolute atomic E-state index is 13.3. The molecule has 1 fully saturated rings. The monoisotopic (exact) mass is 536 g/mol. The number of hydrogen-bond acceptors (Lipinski definition) is 5. The molecule has 1 heterocycles. The maximum atomic E-state index is 13.3. The highest BCUT2D eigenvalue weighted by atomic mass is 19.4. The summed E-state index contributed by atoms with van der Waals surface area (Å²) in [6.45, 7) is 13.0. The lowest BCUT2D eigenvalue weighted by Crippen LogP contribution is -2.50. The van der Waals surface area contributed by atoms with Crippen LogP contribution in [0.2, 0.25) is 0 Å². The maximum Gasteiger partial charge on any atom is 0.416 e. The Bertz CT molecular complexity index is 1080. The van der Waals surface area contributed by atoms with E-state index in [0.717, 1.165) is 12.6 Å². The van der Waals surface area contributed by atoms with Crippen molar-refractivity contribution in [2.24, 2.45) is 0 Å². The van der Waals surface area contributed by atoms with Crippen molar-refractivity contribution in [3.63, 3.8) is 0 Å². The van der Waals surface area contributed by atoms with Crippen LogP contribution in [-0.2, 0) is 6.18 Å². The molecule has 1 aliphatic heterocycles. The minimum Gasteiger partial charge on any atom is -0.493 e. The molecule has 0 aromatic heterocycles. The van der Waals surface area contributed by atoms with Gasteiger partial charge in [-0.1, -0.05) is 6.07 Å². The number of carbonyl (C=O) groups is 1. The second kappa shape index (κ2) is 12.6. The number of carbonyl (C=O) groups excluding carboxylic acids is 1. The van der Waals surface area contributed by atoms with Crippen molar-refractivity contribution in [3.05, 3.63) is 47.5 Å². The summed E-state index contributed by atoms with van der Waals surface area (Å²) in [6, 6.07) is 9.98. The fraction of sp³-hybridized carbons (Fsp3) is 0.536. The van der Waals surface area contributed by atoms with Gasteiger partial charge in [-0.15, -0.1) is 0 Å². The van der Waals surface area contributed by atoms with Gasteiger partial charge in [0.15, 0.2) is 11.5 Å². The number of methoxy groups -OCH3 is 1. The first kappa shape index (κ1) is 29.4. The molecule has 2 aromatic carbocycles. The van der Waals surface area contributed by atoms with Crippen molar-refractivity contribution < 1.29 is 27.4 Å². The van der Waals surface area contributed by atoms with Crippen molar-refractivity contribution in [2.45, 2.75) is 52.9 Å². The molecule has 1 saturated heterocycles. The Labute approximate surface area is 223 Å². The van der Waals surface area contributed by atoms with Gasteiger partial charge in [0.2, 0.25) is 0 Å². The average molecular weight is 537 g/mol. The van der Waals surface area contributed by atoms with Crippen molar-refractivity contribution in [1.29, 1.82) is 0 Å². The molecule has 0 atom stereocenters. The Morgan fingerprint density at radius 1 is 1.03 bits per heavy atom. The minimum atomic E-state index is -4.40. The quantitative estimate of drug-likeness (QED) is 0.434. The third kappa shape index (κ3) is 7.24. The summed E-state index contributed by atoms with van der Waals surface area (Å²) in [7, 11) is 1.57. The van der Waals surface area contributed by atoms with E-state index in [1.54, 1.807) is 36.3 Å². The van der Waals surface area contributed by atoms with Gasteiger partial charge in [-0.25, -0.2) is 4.79 Å². The van der Waals surface area contributed by atoms with Crippen LogP contribution in [0.5, 0.6) is 11.5 Å². The van der Waals surface area contributed by atoms with E-state index < -0.39 is 11.7 Å². The van der Waals surface area contributed by atoms with E-state index in [-0.39, 0.29) is 11.6 Å². The van der Waals surface area contributed by atoms with Gasteiger partial charge >= 0.3 is 12.2 Å². The number of urea groups is 1. The molecule has 38 heavy (non-hydrogen) atoms. The number of amides is 2. The van der Waals surface area contributed by atoms with E-state index in [1.165, 1.54) is 13.0 Å². The first-order chi connectivity index (χ1) is 17.9. The predicted molar refractivity (Wildman–Crippen MR) is 144 cm³/mol. The van der Waals surface area contributed by atoms with Crippen molar-refractivity contribution in [3.8, 4) is 11.5 Å². The first-order valence-corrected chi connectivity index (χ1v) is 13.0. The average Bonchev–Trinajstić information content (AvgIpc) is 2.86. The van der Waals surface area contributed by atoms with Crippen molar-refractivity contribution >= 4 is 17.4 Å². The second-order valence-corrected chi connectivity index (χ2v) is 9.99. The summed E-state index contributed by atoms with van der Waals surface area (Å²) < 4.78 is 51.4. The third-order valence-electron chi connectivity index (χ3n) is 6.87. The standard InChI is InChI=1S/C28H39F3N4O3/c1-19(2)35(20(3)4)16-17-38-26-18-22(10-11-25(26)37-6)32-27(36)34-14-12-33(13-15-34)24-9-7-8-23(21(24)5)28(29,30)31/h7-11,18-20H,12-17H2,1-6H3,(H,32,36). The number of nitrogens with zero attached hydrogens (tertiary/aromatic N) is 3. The zero-order valence-electron chi connectivity index (χ0n) is 23.1. The lowest BCUT2D eigenvalue weighted by atomic mass is 10.0. The highest BCUT2D eigenvalue weighted by Crippen LogP contribution is 2.36. The molecule has 2 aromatic rings. The van der Waals surface area contributed by atoms with Crippen molar-refractivity contribution in [1.82, 2.24) is 9.80 Å². The molecule has 1 aliphatic rings. The fourth-order valence-corrected chi connectivity index (χ4v) is 4.87. The number of rotatable bonds is 9. The number of anilines is 2. The van der Waals surface area contributed by atoms with E-state index in [0.29, 0.717) is 67.7 Å². The molecule has 2 amide bonds. The molecule has 0 radical (unpaired) electrons. The van der Waals surface area contributed by atoms with Crippen LogP contribution in [0.3, 0.4) is 0 Å². The van der Waals surface area contributed by atoms with Gasteiger partial charge in [-0.2, -0.15) is 13.2 Å². The third-order valence-corrected chi connectivity index (χ3v) is 6.87. The van der Waals surface area contributed by atoms with E-state index in [9.17, 15) is 18.0 Å². The Hall–Kier alpha value is -3.14. The molecular formula is C28H39F3N4O3. The molecule has 3 rings (SSSR count). The smallest absolute Gasteiger partial charge is 0.416 e. The molecule has 10 heteroatoms. The number of piperazine rings is 1. The van der Waals surface area contributed by atoms with Gasteiger partial charge in [0.1, 0.15) is 6.61 Å². The number of alkyl halides is 3. The molecule has 0 spiro atoms. The van der Waals surface area contributed by atoms with Crippen LogP contribution in [0.15, 0.2) is 36.4 Å². The number of benzene rings is 2. The van der Waals surface area contributed by atoms with Crippen LogP contribution in [-0.4, -0.2) is 74.4 Å². The SMILES string of the molecule is COc1ccc(NC(=O)N2CCN(c3cccc(C(F)(F)F)c3C)CC2)cc1OCCN(C(C)C)C(C)C. The van der Waals surface area contributed by atoms with E-state index in [1.807, 2.05) is 4.90 Å². The summed E-state index contributed by atoms with van der Waals surface area (Å²) >= 11 is 0. The normalized spacial score (nSPS) is 14.4. The molecule has 7 nitrogen and oxygen atoms in total. The van der Waals surface area contributed by atoms with Crippen LogP contribution in [0.4, 0.5) is 29.3 Å². The first-order valence-electron chi connectivity index (χ1n) is 13.0. The Balaban J connectivity index is 1.60. The molecule has 0 aliphatic carbocycles. The van der Waals surface area contributed by atoms with Gasteiger partial charge in [-0.3, -0.25) is 4.90 Å². The number of halogens is 3. The molecule has 0 saturated carbocycles. The van der Waals surface area contributed by atoms with Gasteiger partial charge < -0.3 is 24.6 Å². The lowest BCUT2D eigenvalue weighted by Gasteiger charge is -2.37. The number of hydrogen-bond donors (Lipinski definition) is 1. The molecule has 210 valence electrons. The number of ether oxygens (including phenoxy) is 2. The molecular weight excluding hydrogens is 497 g/mol. The van der Waals surface area contributed by atoms with Gasteiger partial charge in [0.05, 0.1) is 12.7 Å². The Kier molecular flexibility index (Phi) is 9.76. The fourth-order valence-electron chi connectivity index (χ4n) is 4.87. The lowest BCUT2D eigenvalue weighted by molar-refractivity contribution is -0.138. The van der Waals surface area contributed by atoms with Crippen LogP contribution < -0.4 is 19.7 Å². The minimum absolute atomic E-state index is 0.202. The summed E-state index contributed by atoms with van der Waals surface area (Å²) in [6.07, 6.45) is -4.40. The van der Waals surface area contributed by atoms with E-state index >= 15 is 0 Å². The largest absolute Gasteiger partial charge is 0.493 e.